The van der Waals surface area contributed by atoms with Gasteiger partial charge in [-0.3, -0.25) is 0 Å². The van der Waals surface area contributed by atoms with Crippen LogP contribution in [0.25, 0.3) is 0 Å². The van der Waals surface area contributed by atoms with E-state index in [1.807, 2.05) is 13.8 Å². The molecule has 1 N–H and O–H groups in total. The van der Waals surface area contributed by atoms with Gasteiger partial charge in [0.05, 0.1) is 10.2 Å². The Morgan fingerprint density at radius 1 is 1.20 bits per heavy atom. The molecule has 1 aromatic carbocycles. The standard InChI is InChI=1S/C13H11BrClF2N3/c1-6(2)11-12(15)18-5-19-13(11)20-10-4-8(16)7(14)3-9(10)17/h3-6H,1-2H3,(H,18,19,20). The number of halogens is 4. The van der Waals surface area contributed by atoms with Gasteiger partial charge in [0.25, 0.3) is 0 Å². The first-order valence-electron chi connectivity index (χ1n) is 5.82. The van der Waals surface area contributed by atoms with Crippen molar-refractivity contribution in [2.24, 2.45) is 0 Å². The number of aromatic nitrogens is 2. The number of nitrogens with zero attached hydrogens (tertiary/aromatic N) is 2. The zero-order valence-electron chi connectivity index (χ0n) is 10.7. The van der Waals surface area contributed by atoms with Crippen LogP contribution in [0.4, 0.5) is 20.3 Å². The van der Waals surface area contributed by atoms with E-state index in [1.54, 1.807) is 0 Å². The van der Waals surface area contributed by atoms with E-state index in [-0.39, 0.29) is 21.2 Å². The minimum atomic E-state index is -0.595. The second-order valence-electron chi connectivity index (χ2n) is 4.45. The van der Waals surface area contributed by atoms with Crippen molar-refractivity contribution in [3.05, 3.63) is 45.3 Å². The van der Waals surface area contributed by atoms with E-state index in [0.717, 1.165) is 12.1 Å². The predicted octanol–water partition coefficient (Wildman–Crippen LogP) is 5.04. The Morgan fingerprint density at radius 2 is 1.90 bits per heavy atom. The van der Waals surface area contributed by atoms with Crippen LogP contribution in [0.5, 0.6) is 0 Å². The third-order valence-corrected chi connectivity index (χ3v) is 3.58. The molecule has 7 heteroatoms. The summed E-state index contributed by atoms with van der Waals surface area (Å²) in [5.74, 6) is -0.766. The Morgan fingerprint density at radius 3 is 2.55 bits per heavy atom. The van der Waals surface area contributed by atoms with Gasteiger partial charge in [-0.1, -0.05) is 25.4 Å². The summed E-state index contributed by atoms with van der Waals surface area (Å²) in [6, 6.07) is 2.11. The Bertz CT molecular complexity index is 650. The molecule has 0 saturated carbocycles. The van der Waals surface area contributed by atoms with Gasteiger partial charge in [-0.05, 0) is 27.9 Å². The first kappa shape index (κ1) is 15.1. The van der Waals surface area contributed by atoms with Crippen molar-refractivity contribution in [2.45, 2.75) is 19.8 Å². The molecule has 0 spiro atoms. The van der Waals surface area contributed by atoms with Gasteiger partial charge >= 0.3 is 0 Å². The maximum absolute atomic E-state index is 13.8. The molecule has 2 rings (SSSR count). The van der Waals surface area contributed by atoms with E-state index in [4.69, 9.17) is 11.6 Å². The van der Waals surface area contributed by atoms with Gasteiger partial charge in [-0.25, -0.2) is 18.7 Å². The summed E-state index contributed by atoms with van der Waals surface area (Å²) < 4.78 is 27.4. The van der Waals surface area contributed by atoms with E-state index >= 15 is 0 Å². The van der Waals surface area contributed by atoms with Crippen molar-refractivity contribution < 1.29 is 8.78 Å². The van der Waals surface area contributed by atoms with Gasteiger partial charge in [0.1, 0.15) is 28.9 Å². The first-order valence-corrected chi connectivity index (χ1v) is 6.99. The van der Waals surface area contributed by atoms with Crippen LogP contribution in [0, 0.1) is 11.6 Å². The summed E-state index contributed by atoms with van der Waals surface area (Å²) in [6.45, 7) is 3.82. The Labute approximate surface area is 128 Å². The Balaban J connectivity index is 2.45. The highest BCUT2D eigenvalue weighted by molar-refractivity contribution is 9.10. The summed E-state index contributed by atoms with van der Waals surface area (Å²) in [7, 11) is 0. The molecule has 0 amide bonds. The van der Waals surface area contributed by atoms with Crippen LogP contribution in [0.2, 0.25) is 5.15 Å². The highest BCUT2D eigenvalue weighted by Gasteiger charge is 2.16. The molecule has 1 heterocycles. The summed E-state index contributed by atoms with van der Waals surface area (Å²) in [4.78, 5) is 7.94. The maximum atomic E-state index is 13.8. The third-order valence-electron chi connectivity index (χ3n) is 2.68. The van der Waals surface area contributed by atoms with E-state index in [2.05, 4.69) is 31.2 Å². The second kappa shape index (κ2) is 6.01. The molecule has 0 aliphatic carbocycles. The molecule has 0 bridgehead atoms. The summed E-state index contributed by atoms with van der Waals surface area (Å²) in [6.07, 6.45) is 1.27. The number of hydrogen-bond donors (Lipinski definition) is 1. The van der Waals surface area contributed by atoms with Crippen molar-refractivity contribution in [1.82, 2.24) is 9.97 Å². The molecule has 0 saturated heterocycles. The fourth-order valence-electron chi connectivity index (χ4n) is 1.73. The van der Waals surface area contributed by atoms with E-state index in [9.17, 15) is 8.78 Å². The molecule has 2 aromatic rings. The molecule has 106 valence electrons. The fraction of sp³-hybridized carbons (Fsp3) is 0.231. The largest absolute Gasteiger partial charge is 0.337 e. The molecule has 0 aliphatic rings. The van der Waals surface area contributed by atoms with Crippen LogP contribution in [0.3, 0.4) is 0 Å². The van der Waals surface area contributed by atoms with Crippen LogP contribution in [-0.4, -0.2) is 9.97 Å². The minimum Gasteiger partial charge on any atom is -0.337 e. The lowest BCUT2D eigenvalue weighted by Gasteiger charge is -2.15. The smallest absolute Gasteiger partial charge is 0.148 e. The monoisotopic (exact) mass is 361 g/mol. The zero-order chi connectivity index (χ0) is 14.9. The Hall–Kier alpha value is -1.27. The lowest BCUT2D eigenvalue weighted by molar-refractivity contribution is 0.597. The minimum absolute atomic E-state index is 0.0117. The topological polar surface area (TPSA) is 37.8 Å². The van der Waals surface area contributed by atoms with Gasteiger partial charge in [0.15, 0.2) is 0 Å². The predicted molar refractivity (Wildman–Crippen MR) is 78.5 cm³/mol. The molecule has 20 heavy (non-hydrogen) atoms. The van der Waals surface area contributed by atoms with E-state index in [1.165, 1.54) is 6.33 Å². The fourth-order valence-corrected chi connectivity index (χ4v) is 2.40. The number of anilines is 2. The number of benzene rings is 1. The molecule has 0 fully saturated rings. The second-order valence-corrected chi connectivity index (χ2v) is 5.66. The molecular formula is C13H11BrClF2N3. The maximum Gasteiger partial charge on any atom is 0.148 e. The number of rotatable bonds is 3. The summed E-state index contributed by atoms with van der Waals surface area (Å²) >= 11 is 8.95. The lowest BCUT2D eigenvalue weighted by atomic mass is 10.1. The van der Waals surface area contributed by atoms with Crippen LogP contribution in [0.15, 0.2) is 22.9 Å². The van der Waals surface area contributed by atoms with Crippen molar-refractivity contribution >= 4 is 39.0 Å². The van der Waals surface area contributed by atoms with Crippen molar-refractivity contribution in [3.8, 4) is 0 Å². The van der Waals surface area contributed by atoms with Gasteiger partial charge < -0.3 is 5.32 Å². The molecule has 3 nitrogen and oxygen atoms in total. The molecule has 1 aromatic heterocycles. The highest BCUT2D eigenvalue weighted by atomic mass is 79.9. The molecule has 0 unspecified atom stereocenters. The van der Waals surface area contributed by atoms with E-state index in [0.29, 0.717) is 11.4 Å². The Kier molecular flexibility index (Phi) is 4.55. The van der Waals surface area contributed by atoms with Crippen LogP contribution in [0.1, 0.15) is 25.3 Å². The zero-order valence-corrected chi connectivity index (χ0v) is 13.1. The van der Waals surface area contributed by atoms with Gasteiger partial charge in [0, 0.05) is 11.6 Å². The van der Waals surface area contributed by atoms with Gasteiger partial charge in [-0.2, -0.15) is 0 Å². The quantitative estimate of drug-likeness (QED) is 0.614. The third kappa shape index (κ3) is 3.07. The van der Waals surface area contributed by atoms with Crippen molar-refractivity contribution in [1.29, 1.82) is 0 Å². The molecular weight excluding hydrogens is 352 g/mol. The van der Waals surface area contributed by atoms with Crippen LogP contribution >= 0.6 is 27.5 Å². The molecule has 0 atom stereocenters. The number of nitrogens with one attached hydrogen (secondary N) is 1. The van der Waals surface area contributed by atoms with Crippen LogP contribution in [-0.2, 0) is 0 Å². The van der Waals surface area contributed by atoms with E-state index < -0.39 is 11.6 Å². The average Bonchev–Trinajstić information content (AvgIpc) is 2.35. The number of hydrogen-bond acceptors (Lipinski definition) is 3. The SMILES string of the molecule is CC(C)c1c(Cl)ncnc1Nc1cc(F)c(Br)cc1F. The normalized spacial score (nSPS) is 10.9. The van der Waals surface area contributed by atoms with Crippen molar-refractivity contribution in [2.75, 3.05) is 5.32 Å². The summed E-state index contributed by atoms with van der Waals surface area (Å²) in [5, 5.41) is 3.05. The van der Waals surface area contributed by atoms with Crippen LogP contribution < -0.4 is 5.32 Å². The lowest BCUT2D eigenvalue weighted by Crippen LogP contribution is -2.04. The summed E-state index contributed by atoms with van der Waals surface area (Å²) in [5.41, 5.74) is 0.638. The van der Waals surface area contributed by atoms with Gasteiger partial charge in [0.2, 0.25) is 0 Å². The van der Waals surface area contributed by atoms with Crippen molar-refractivity contribution in [3.63, 3.8) is 0 Å². The first-order chi connectivity index (χ1) is 9.40. The average molecular weight is 363 g/mol. The highest BCUT2D eigenvalue weighted by Crippen LogP contribution is 2.32. The van der Waals surface area contributed by atoms with Gasteiger partial charge in [-0.15, -0.1) is 0 Å². The molecule has 0 radical (unpaired) electrons. The molecule has 0 aliphatic heterocycles.